The third kappa shape index (κ3) is 4.66. The first-order valence-electron chi connectivity index (χ1n) is 10.3. The Balaban J connectivity index is 1.44. The van der Waals surface area contributed by atoms with Crippen LogP contribution in [0.2, 0.25) is 5.02 Å². The molecule has 2 heterocycles. The van der Waals surface area contributed by atoms with Gasteiger partial charge in [0.25, 0.3) is 0 Å². The molecule has 1 saturated heterocycles. The molecular weight excluding hydrogens is 418 g/mol. The van der Waals surface area contributed by atoms with Crippen molar-refractivity contribution in [2.24, 2.45) is 0 Å². The van der Waals surface area contributed by atoms with Gasteiger partial charge in [-0.15, -0.1) is 0 Å². The molecule has 1 unspecified atom stereocenters. The highest BCUT2D eigenvalue weighted by Crippen LogP contribution is 2.35. The molecule has 0 radical (unpaired) electrons. The van der Waals surface area contributed by atoms with Crippen molar-refractivity contribution >= 4 is 23.2 Å². The minimum Gasteiger partial charge on any atom is -0.495 e. The molecule has 0 spiro atoms. The Bertz CT molecular complexity index is 1050. The zero-order valence-corrected chi connectivity index (χ0v) is 18.3. The van der Waals surface area contributed by atoms with Gasteiger partial charge in [-0.1, -0.05) is 30.1 Å². The highest BCUT2D eigenvalue weighted by molar-refractivity contribution is 6.32. The van der Waals surface area contributed by atoms with Gasteiger partial charge in [0.05, 0.1) is 24.7 Å². The Morgan fingerprint density at radius 3 is 2.74 bits per heavy atom. The van der Waals surface area contributed by atoms with E-state index < -0.39 is 0 Å². The van der Waals surface area contributed by atoms with Crippen molar-refractivity contribution in [1.29, 1.82) is 0 Å². The van der Waals surface area contributed by atoms with Crippen LogP contribution < -0.4 is 14.4 Å². The van der Waals surface area contributed by atoms with E-state index in [1.54, 1.807) is 24.1 Å². The van der Waals surface area contributed by atoms with E-state index >= 15 is 0 Å². The number of hydrogen-bond acceptors (Lipinski definition) is 6. The zero-order chi connectivity index (χ0) is 21.8. The molecule has 0 bridgehead atoms. The number of methoxy groups -OCH3 is 1. The number of halogens is 1. The van der Waals surface area contributed by atoms with Crippen LogP contribution >= 0.6 is 11.6 Å². The summed E-state index contributed by atoms with van der Waals surface area (Å²) in [4.78, 5) is 18.8. The van der Waals surface area contributed by atoms with E-state index in [1.807, 2.05) is 30.3 Å². The molecule has 162 valence electrons. The monoisotopic (exact) mass is 441 g/mol. The number of benzene rings is 2. The predicted octanol–water partition coefficient (Wildman–Crippen LogP) is 5.10. The molecule has 1 atom stereocenters. The van der Waals surface area contributed by atoms with Crippen LogP contribution in [0.4, 0.5) is 5.69 Å². The van der Waals surface area contributed by atoms with E-state index in [2.05, 4.69) is 17.1 Å². The number of nitrogens with zero attached hydrogens (tertiary/aromatic N) is 3. The highest BCUT2D eigenvalue weighted by Gasteiger charge is 2.35. The highest BCUT2D eigenvalue weighted by atomic mass is 35.5. The van der Waals surface area contributed by atoms with Crippen LogP contribution in [0.25, 0.3) is 11.4 Å². The molecule has 1 aliphatic rings. The van der Waals surface area contributed by atoms with Gasteiger partial charge in [-0.25, -0.2) is 0 Å². The quantitative estimate of drug-likeness (QED) is 0.452. The lowest BCUT2D eigenvalue weighted by Crippen LogP contribution is -2.24. The molecule has 8 heteroatoms. The van der Waals surface area contributed by atoms with Crippen LogP contribution in [0.1, 0.15) is 38.0 Å². The minimum absolute atomic E-state index is 0.0143. The largest absolute Gasteiger partial charge is 0.495 e. The number of ether oxygens (including phenoxy) is 2. The van der Waals surface area contributed by atoms with Crippen molar-refractivity contribution in [3.05, 3.63) is 53.4 Å². The molecule has 7 nitrogen and oxygen atoms in total. The number of rotatable bonds is 8. The third-order valence-corrected chi connectivity index (χ3v) is 5.54. The molecule has 31 heavy (non-hydrogen) atoms. The molecule has 2 aromatic carbocycles. The van der Waals surface area contributed by atoms with Crippen molar-refractivity contribution < 1.29 is 18.8 Å². The van der Waals surface area contributed by atoms with Crippen LogP contribution in [0, 0.1) is 0 Å². The summed E-state index contributed by atoms with van der Waals surface area (Å²) in [5.74, 6) is 2.14. The van der Waals surface area contributed by atoms with Crippen molar-refractivity contribution in [2.45, 2.75) is 32.1 Å². The second-order valence-corrected chi connectivity index (χ2v) is 7.81. The summed E-state index contributed by atoms with van der Waals surface area (Å²) in [6.45, 7) is 3.28. The zero-order valence-electron chi connectivity index (χ0n) is 17.5. The summed E-state index contributed by atoms with van der Waals surface area (Å²) < 4.78 is 16.4. The maximum atomic E-state index is 12.6. The summed E-state index contributed by atoms with van der Waals surface area (Å²) in [6, 6.07) is 12.9. The van der Waals surface area contributed by atoms with Gasteiger partial charge >= 0.3 is 0 Å². The number of hydrogen-bond donors (Lipinski definition) is 0. The van der Waals surface area contributed by atoms with Gasteiger partial charge in [0.1, 0.15) is 11.5 Å². The maximum Gasteiger partial charge on any atom is 0.232 e. The lowest BCUT2D eigenvalue weighted by molar-refractivity contribution is -0.117. The summed E-state index contributed by atoms with van der Waals surface area (Å²) in [5, 5.41) is 4.56. The van der Waals surface area contributed by atoms with E-state index in [9.17, 15) is 4.79 Å². The second kappa shape index (κ2) is 9.39. The predicted molar refractivity (Wildman–Crippen MR) is 118 cm³/mol. The number of amides is 1. The van der Waals surface area contributed by atoms with Crippen molar-refractivity contribution in [3.63, 3.8) is 0 Å². The number of aromatic nitrogens is 2. The second-order valence-electron chi connectivity index (χ2n) is 7.41. The molecule has 0 N–H and O–H groups in total. The molecule has 1 amide bonds. The normalized spacial score (nSPS) is 16.0. The van der Waals surface area contributed by atoms with Crippen LogP contribution in [-0.2, 0) is 4.79 Å². The molecule has 0 aliphatic carbocycles. The van der Waals surface area contributed by atoms with Gasteiger partial charge in [0.15, 0.2) is 0 Å². The Morgan fingerprint density at radius 2 is 2.03 bits per heavy atom. The third-order valence-electron chi connectivity index (χ3n) is 5.24. The molecule has 0 saturated carbocycles. The lowest BCUT2D eigenvalue weighted by Gasteiger charge is -2.17. The van der Waals surface area contributed by atoms with Crippen LogP contribution in [-0.4, -0.2) is 36.3 Å². The smallest absolute Gasteiger partial charge is 0.232 e. The Hall–Kier alpha value is -3.06. The first kappa shape index (κ1) is 21.2. The fraction of sp³-hybridized carbons (Fsp3) is 0.348. The van der Waals surface area contributed by atoms with Gasteiger partial charge in [-0.2, -0.15) is 4.98 Å². The van der Waals surface area contributed by atoms with Crippen molar-refractivity contribution in [1.82, 2.24) is 10.1 Å². The fourth-order valence-electron chi connectivity index (χ4n) is 3.50. The fourth-order valence-corrected chi connectivity index (χ4v) is 3.75. The van der Waals surface area contributed by atoms with Gasteiger partial charge in [0.2, 0.25) is 17.6 Å². The SMILES string of the molecule is CCCCOc1ccc(-c2noc(C3CC(=O)N(c4ccc(OC)c(Cl)c4)C3)n2)cc1. The summed E-state index contributed by atoms with van der Waals surface area (Å²) in [5.41, 5.74) is 1.55. The lowest BCUT2D eigenvalue weighted by atomic mass is 10.1. The Labute approximate surface area is 185 Å². The van der Waals surface area contributed by atoms with Gasteiger partial charge in [0, 0.05) is 24.2 Å². The van der Waals surface area contributed by atoms with Gasteiger partial charge in [-0.3, -0.25) is 4.79 Å². The first-order valence-corrected chi connectivity index (χ1v) is 10.7. The van der Waals surface area contributed by atoms with E-state index in [-0.39, 0.29) is 11.8 Å². The van der Waals surface area contributed by atoms with E-state index in [0.717, 1.165) is 29.8 Å². The van der Waals surface area contributed by atoms with E-state index in [4.69, 9.17) is 25.6 Å². The Kier molecular flexibility index (Phi) is 6.42. The summed E-state index contributed by atoms with van der Waals surface area (Å²) >= 11 is 6.21. The summed E-state index contributed by atoms with van der Waals surface area (Å²) in [7, 11) is 1.55. The standard InChI is InChI=1S/C23H24ClN3O4/c1-3-4-11-30-18-8-5-15(6-9-18)22-25-23(31-26-22)16-12-21(28)27(14-16)17-7-10-20(29-2)19(24)13-17/h5-10,13,16H,3-4,11-12,14H2,1-2H3. The van der Waals surface area contributed by atoms with Gasteiger partial charge in [-0.05, 0) is 48.9 Å². The summed E-state index contributed by atoms with van der Waals surface area (Å²) in [6.07, 6.45) is 2.42. The topological polar surface area (TPSA) is 77.7 Å². The molecule has 1 fully saturated rings. The van der Waals surface area contributed by atoms with Crippen LogP contribution in [0.3, 0.4) is 0 Å². The number of carbonyl (C=O) groups excluding carboxylic acids is 1. The number of anilines is 1. The molecule has 3 aromatic rings. The molecule has 1 aromatic heterocycles. The molecule has 4 rings (SSSR count). The van der Waals surface area contributed by atoms with E-state index in [1.165, 1.54) is 0 Å². The molecular formula is C23H24ClN3O4. The average molecular weight is 442 g/mol. The minimum atomic E-state index is -0.175. The van der Waals surface area contributed by atoms with Crippen LogP contribution in [0.5, 0.6) is 11.5 Å². The van der Waals surface area contributed by atoms with Crippen molar-refractivity contribution in [3.8, 4) is 22.9 Å². The van der Waals surface area contributed by atoms with E-state index in [0.29, 0.717) is 42.1 Å². The first-order chi connectivity index (χ1) is 15.1. The van der Waals surface area contributed by atoms with Crippen LogP contribution in [0.15, 0.2) is 47.0 Å². The average Bonchev–Trinajstić information content (AvgIpc) is 3.41. The van der Waals surface area contributed by atoms with Crippen molar-refractivity contribution in [2.75, 3.05) is 25.2 Å². The number of carbonyl (C=O) groups is 1. The molecule has 1 aliphatic heterocycles. The van der Waals surface area contributed by atoms with Gasteiger partial charge < -0.3 is 18.9 Å². The number of unbranched alkanes of at least 4 members (excludes halogenated alkanes) is 1. The maximum absolute atomic E-state index is 12.6. The Morgan fingerprint density at radius 1 is 1.23 bits per heavy atom.